The van der Waals surface area contributed by atoms with Gasteiger partial charge in [-0.3, -0.25) is 9.48 Å². The molecule has 144 valence electrons. The van der Waals surface area contributed by atoms with Crippen LogP contribution in [0.5, 0.6) is 0 Å². The highest BCUT2D eigenvalue weighted by Gasteiger charge is 2.36. The van der Waals surface area contributed by atoms with Crippen molar-refractivity contribution in [2.75, 3.05) is 14.1 Å². The van der Waals surface area contributed by atoms with E-state index in [-0.39, 0.29) is 16.3 Å². The van der Waals surface area contributed by atoms with E-state index in [2.05, 4.69) is 5.10 Å². The third-order valence-corrected chi connectivity index (χ3v) is 3.05. The number of carbonyl (C=O) groups excluding carboxylic acids is 1. The lowest BCUT2D eigenvalue weighted by Crippen LogP contribution is -2.22. The minimum absolute atomic E-state index is 0.231. The fourth-order valence-electron chi connectivity index (χ4n) is 1.86. The molecule has 0 saturated carbocycles. The predicted octanol–water partition coefficient (Wildman–Crippen LogP) is 4.07. The summed E-state index contributed by atoms with van der Waals surface area (Å²) in [6, 6.07) is 0.525. The van der Waals surface area contributed by atoms with Gasteiger partial charge >= 0.3 is 12.4 Å². The minimum Gasteiger partial charge on any atom is -0.345 e. The maximum atomic E-state index is 12.7. The van der Waals surface area contributed by atoms with Gasteiger partial charge in [0.15, 0.2) is 5.69 Å². The standard InChI is InChI=1S/C16H17F6N3O/c1-4-11(14(26)24(2)3)7-5-6-8-12-9-13(16(20,21)22)23-25(12)10-15(17,18)19/h4-9H,10H2,1-3H3/b7-5-,8-6+,11-4+. The van der Waals surface area contributed by atoms with Gasteiger partial charge in [-0.05, 0) is 25.1 Å². The number of carbonyl (C=O) groups is 1. The van der Waals surface area contributed by atoms with E-state index in [1.165, 1.54) is 29.2 Å². The molecule has 10 heteroatoms. The molecular formula is C16H17F6N3O. The molecule has 0 aliphatic rings. The molecule has 0 N–H and O–H groups in total. The molecule has 0 fully saturated rings. The molecule has 0 aliphatic heterocycles. The van der Waals surface area contributed by atoms with Crippen LogP contribution >= 0.6 is 0 Å². The van der Waals surface area contributed by atoms with Crippen LogP contribution in [0.25, 0.3) is 6.08 Å². The first kappa shape index (κ1) is 21.5. The smallest absolute Gasteiger partial charge is 0.345 e. The summed E-state index contributed by atoms with van der Waals surface area (Å²) in [5.74, 6) is -0.293. The quantitative estimate of drug-likeness (QED) is 0.438. The molecule has 1 rings (SSSR count). The van der Waals surface area contributed by atoms with E-state index < -0.39 is 24.6 Å². The predicted molar refractivity (Wildman–Crippen MR) is 83.9 cm³/mol. The van der Waals surface area contributed by atoms with Gasteiger partial charge in [0, 0.05) is 19.7 Å². The number of hydrogen-bond acceptors (Lipinski definition) is 2. The highest BCUT2D eigenvalue weighted by Crippen LogP contribution is 2.30. The SMILES string of the molecule is C\C=C(/C=C\C=C\c1cc(C(F)(F)F)nn1CC(F)(F)F)C(=O)N(C)C. The van der Waals surface area contributed by atoms with Crippen molar-refractivity contribution in [3.63, 3.8) is 0 Å². The van der Waals surface area contributed by atoms with Crippen molar-refractivity contribution in [3.8, 4) is 0 Å². The number of rotatable bonds is 5. The third kappa shape index (κ3) is 6.41. The van der Waals surface area contributed by atoms with Crippen LogP contribution in [-0.2, 0) is 17.5 Å². The van der Waals surface area contributed by atoms with E-state index in [1.54, 1.807) is 21.0 Å². The van der Waals surface area contributed by atoms with Crippen molar-refractivity contribution >= 4 is 12.0 Å². The number of likely N-dealkylation sites (N-methyl/N-ethyl adjacent to an activating group) is 1. The summed E-state index contributed by atoms with van der Waals surface area (Å²) < 4.78 is 75.8. The number of amides is 1. The summed E-state index contributed by atoms with van der Waals surface area (Å²) in [6.07, 6.45) is -3.02. The minimum atomic E-state index is -4.86. The van der Waals surface area contributed by atoms with Gasteiger partial charge in [-0.1, -0.05) is 18.2 Å². The summed E-state index contributed by atoms with van der Waals surface area (Å²) in [4.78, 5) is 13.1. The lowest BCUT2D eigenvalue weighted by atomic mass is 10.2. The summed E-state index contributed by atoms with van der Waals surface area (Å²) in [7, 11) is 3.09. The van der Waals surface area contributed by atoms with Crippen molar-refractivity contribution in [2.45, 2.75) is 25.8 Å². The highest BCUT2D eigenvalue weighted by molar-refractivity contribution is 5.95. The van der Waals surface area contributed by atoms with E-state index in [1.807, 2.05) is 0 Å². The number of nitrogens with zero attached hydrogens (tertiary/aromatic N) is 3. The van der Waals surface area contributed by atoms with E-state index in [0.29, 0.717) is 11.6 Å². The van der Waals surface area contributed by atoms with Crippen LogP contribution in [0, 0.1) is 0 Å². The van der Waals surface area contributed by atoms with Crippen molar-refractivity contribution in [1.82, 2.24) is 14.7 Å². The van der Waals surface area contributed by atoms with Crippen LogP contribution in [0.4, 0.5) is 26.3 Å². The first-order chi connectivity index (χ1) is 11.8. The van der Waals surface area contributed by atoms with E-state index in [0.717, 1.165) is 6.08 Å². The normalized spacial score (nSPS) is 13.8. The monoisotopic (exact) mass is 381 g/mol. The molecule has 1 amide bonds. The van der Waals surface area contributed by atoms with Crippen LogP contribution in [0.1, 0.15) is 18.3 Å². The van der Waals surface area contributed by atoms with E-state index >= 15 is 0 Å². The van der Waals surface area contributed by atoms with Gasteiger partial charge in [0.05, 0.1) is 5.69 Å². The average molecular weight is 381 g/mol. The Hall–Kier alpha value is -2.52. The topological polar surface area (TPSA) is 38.1 Å². The van der Waals surface area contributed by atoms with Crippen LogP contribution in [0.15, 0.2) is 35.9 Å². The van der Waals surface area contributed by atoms with Crippen LogP contribution in [0.2, 0.25) is 0 Å². The van der Waals surface area contributed by atoms with Crippen molar-refractivity contribution in [1.29, 1.82) is 0 Å². The molecule has 0 aromatic carbocycles. The molecule has 0 saturated heterocycles. The van der Waals surface area contributed by atoms with E-state index in [9.17, 15) is 31.1 Å². The van der Waals surface area contributed by atoms with Gasteiger partial charge < -0.3 is 4.90 Å². The Kier molecular flexibility index (Phi) is 6.82. The molecule has 0 atom stereocenters. The molecule has 1 heterocycles. The fraction of sp³-hybridized carbons (Fsp3) is 0.375. The zero-order chi connectivity index (χ0) is 20.1. The van der Waals surface area contributed by atoms with Gasteiger partial charge in [0.25, 0.3) is 5.91 Å². The second-order valence-corrected chi connectivity index (χ2v) is 5.39. The molecule has 0 spiro atoms. The average Bonchev–Trinajstić information content (AvgIpc) is 2.87. The van der Waals surface area contributed by atoms with Crippen LogP contribution < -0.4 is 0 Å². The van der Waals surface area contributed by atoms with Crippen molar-refractivity contribution < 1.29 is 31.1 Å². The Morgan fingerprint density at radius 1 is 1.19 bits per heavy atom. The van der Waals surface area contributed by atoms with Gasteiger partial charge in [0.1, 0.15) is 6.54 Å². The number of alkyl halides is 6. The number of halogens is 6. The van der Waals surface area contributed by atoms with Crippen LogP contribution in [0.3, 0.4) is 0 Å². The Morgan fingerprint density at radius 2 is 1.81 bits per heavy atom. The Labute approximate surface area is 146 Å². The number of aromatic nitrogens is 2. The van der Waals surface area contributed by atoms with E-state index in [4.69, 9.17) is 0 Å². The Bertz CT molecular complexity index is 723. The third-order valence-electron chi connectivity index (χ3n) is 3.05. The van der Waals surface area contributed by atoms with Gasteiger partial charge in [-0.2, -0.15) is 31.4 Å². The summed E-state index contributed by atoms with van der Waals surface area (Å²) in [5, 5.41) is 2.97. The maximum absolute atomic E-state index is 12.7. The fourth-order valence-corrected chi connectivity index (χ4v) is 1.86. The molecule has 0 aliphatic carbocycles. The summed E-state index contributed by atoms with van der Waals surface area (Å²) in [6.45, 7) is -0.0233. The zero-order valence-electron chi connectivity index (χ0n) is 14.2. The molecule has 0 bridgehead atoms. The summed E-state index contributed by atoms with van der Waals surface area (Å²) >= 11 is 0. The number of allylic oxidation sites excluding steroid dienone is 3. The van der Waals surface area contributed by atoms with Gasteiger partial charge in [-0.15, -0.1) is 0 Å². The molecule has 0 radical (unpaired) electrons. The first-order valence-electron chi connectivity index (χ1n) is 7.29. The van der Waals surface area contributed by atoms with Gasteiger partial charge in [-0.25, -0.2) is 0 Å². The maximum Gasteiger partial charge on any atom is 0.435 e. The zero-order valence-corrected chi connectivity index (χ0v) is 14.2. The largest absolute Gasteiger partial charge is 0.435 e. The second-order valence-electron chi connectivity index (χ2n) is 5.39. The Balaban J connectivity index is 3.07. The molecule has 4 nitrogen and oxygen atoms in total. The molecular weight excluding hydrogens is 364 g/mol. The molecule has 26 heavy (non-hydrogen) atoms. The number of hydrogen-bond donors (Lipinski definition) is 0. The van der Waals surface area contributed by atoms with Gasteiger partial charge in [0.2, 0.25) is 0 Å². The summed E-state index contributed by atoms with van der Waals surface area (Å²) in [5.41, 5.74) is -1.46. The Morgan fingerprint density at radius 3 is 2.27 bits per heavy atom. The highest BCUT2D eigenvalue weighted by atomic mass is 19.4. The second kappa shape index (κ2) is 8.24. The van der Waals surface area contributed by atoms with Crippen molar-refractivity contribution in [2.24, 2.45) is 0 Å². The lowest BCUT2D eigenvalue weighted by molar-refractivity contribution is -0.149. The molecule has 1 aromatic heterocycles. The van der Waals surface area contributed by atoms with Crippen LogP contribution in [-0.4, -0.2) is 40.9 Å². The molecule has 1 aromatic rings. The molecule has 0 unspecified atom stereocenters. The lowest BCUT2D eigenvalue weighted by Gasteiger charge is -2.10. The van der Waals surface area contributed by atoms with Crippen molar-refractivity contribution in [3.05, 3.63) is 47.3 Å². The first-order valence-corrected chi connectivity index (χ1v) is 7.29.